The smallest absolute Gasteiger partial charge is 0.118 e. The van der Waals surface area contributed by atoms with E-state index in [0.717, 1.165) is 12.3 Å². The largest absolute Gasteiger partial charge is 0.497 e. The molecule has 1 aliphatic heterocycles. The van der Waals surface area contributed by atoms with Crippen molar-refractivity contribution in [3.05, 3.63) is 29.8 Å². The summed E-state index contributed by atoms with van der Waals surface area (Å²) in [6, 6.07) is 9.73. The summed E-state index contributed by atoms with van der Waals surface area (Å²) >= 11 is 0. The number of ether oxygens (including phenoxy) is 1. The Bertz CT molecular complexity index is 375. The summed E-state index contributed by atoms with van der Waals surface area (Å²) in [7, 11) is 8.25. The van der Waals surface area contributed by atoms with Crippen LogP contribution in [0.1, 0.15) is 24.4 Å². The highest BCUT2D eigenvalue weighted by molar-refractivity contribution is 5.29. The molecule has 0 saturated carbocycles. The van der Waals surface area contributed by atoms with Gasteiger partial charge >= 0.3 is 0 Å². The number of rotatable bonds is 4. The van der Waals surface area contributed by atoms with Crippen LogP contribution >= 0.6 is 0 Å². The molecule has 18 heavy (non-hydrogen) atoms. The predicted octanol–water partition coefficient (Wildman–Crippen LogP) is 2.39. The molecule has 1 heterocycles. The van der Waals surface area contributed by atoms with Crippen LogP contribution in [0.5, 0.6) is 5.75 Å². The summed E-state index contributed by atoms with van der Waals surface area (Å²) in [5.74, 6) is 0.934. The Hall–Kier alpha value is -1.06. The second kappa shape index (κ2) is 5.72. The molecule has 1 fully saturated rings. The van der Waals surface area contributed by atoms with Gasteiger partial charge in [0.05, 0.1) is 7.11 Å². The molecule has 0 N–H and O–H groups in total. The van der Waals surface area contributed by atoms with Crippen LogP contribution in [0.25, 0.3) is 0 Å². The molecule has 0 aromatic heterocycles. The topological polar surface area (TPSA) is 15.7 Å². The maximum atomic E-state index is 5.21. The first-order valence-electron chi connectivity index (χ1n) is 6.62. The predicted molar refractivity (Wildman–Crippen MR) is 75.1 cm³/mol. The van der Waals surface area contributed by atoms with Crippen molar-refractivity contribution in [2.24, 2.45) is 0 Å². The fourth-order valence-electron chi connectivity index (χ4n) is 2.88. The van der Waals surface area contributed by atoms with Crippen molar-refractivity contribution < 1.29 is 4.74 Å². The van der Waals surface area contributed by atoms with E-state index in [0.29, 0.717) is 12.1 Å². The lowest BCUT2D eigenvalue weighted by Gasteiger charge is -2.28. The van der Waals surface area contributed by atoms with E-state index in [1.54, 1.807) is 7.11 Å². The van der Waals surface area contributed by atoms with Gasteiger partial charge < -0.3 is 9.64 Å². The number of nitrogens with zero attached hydrogens (tertiary/aromatic N) is 2. The maximum Gasteiger partial charge on any atom is 0.118 e. The Kier molecular flexibility index (Phi) is 4.25. The molecule has 1 aliphatic rings. The molecule has 0 spiro atoms. The Balaban J connectivity index is 2.05. The van der Waals surface area contributed by atoms with Crippen molar-refractivity contribution in [2.75, 3.05) is 34.8 Å². The first kappa shape index (κ1) is 13.4. The van der Waals surface area contributed by atoms with Crippen molar-refractivity contribution in [1.29, 1.82) is 0 Å². The van der Waals surface area contributed by atoms with Crippen LogP contribution in [0, 0.1) is 0 Å². The second-order valence-corrected chi connectivity index (χ2v) is 5.45. The average molecular weight is 248 g/mol. The molecule has 100 valence electrons. The van der Waals surface area contributed by atoms with E-state index in [1.165, 1.54) is 18.4 Å². The third kappa shape index (κ3) is 2.85. The summed E-state index contributed by atoms with van der Waals surface area (Å²) in [5.41, 5.74) is 1.40. The number of hydrogen-bond acceptors (Lipinski definition) is 3. The monoisotopic (exact) mass is 248 g/mol. The lowest BCUT2D eigenvalue weighted by atomic mass is 10.0. The molecule has 0 radical (unpaired) electrons. The van der Waals surface area contributed by atoms with Crippen LogP contribution in [0.15, 0.2) is 24.3 Å². The molecule has 0 unspecified atom stereocenters. The number of methoxy groups -OCH3 is 1. The summed E-state index contributed by atoms with van der Waals surface area (Å²) < 4.78 is 5.21. The van der Waals surface area contributed by atoms with Crippen molar-refractivity contribution >= 4 is 0 Å². The average Bonchev–Trinajstić information content (AvgIpc) is 2.71. The van der Waals surface area contributed by atoms with Gasteiger partial charge in [0.15, 0.2) is 0 Å². The molecule has 0 amide bonds. The molecule has 1 saturated heterocycles. The molecular weight excluding hydrogens is 224 g/mol. The van der Waals surface area contributed by atoms with Gasteiger partial charge in [0.1, 0.15) is 5.75 Å². The quantitative estimate of drug-likeness (QED) is 0.813. The SMILES string of the molecule is COc1ccc([C@H]2CC[C@@H](CN(C)C)N2C)cc1. The number of hydrogen-bond donors (Lipinski definition) is 0. The highest BCUT2D eigenvalue weighted by Crippen LogP contribution is 2.35. The van der Waals surface area contributed by atoms with Gasteiger partial charge in [0.2, 0.25) is 0 Å². The Morgan fingerprint density at radius 1 is 1.22 bits per heavy atom. The molecule has 1 aromatic rings. The van der Waals surface area contributed by atoms with Crippen molar-refractivity contribution in [3.8, 4) is 5.75 Å². The van der Waals surface area contributed by atoms with Gasteiger partial charge in [-0.1, -0.05) is 12.1 Å². The van der Waals surface area contributed by atoms with Gasteiger partial charge in [0, 0.05) is 18.6 Å². The van der Waals surface area contributed by atoms with Crippen LogP contribution in [0.2, 0.25) is 0 Å². The highest BCUT2D eigenvalue weighted by atomic mass is 16.5. The maximum absolute atomic E-state index is 5.21. The van der Waals surface area contributed by atoms with E-state index in [2.05, 4.69) is 55.2 Å². The van der Waals surface area contributed by atoms with Crippen LogP contribution in [-0.2, 0) is 0 Å². The normalized spacial score (nSPS) is 24.7. The number of likely N-dealkylation sites (N-methyl/N-ethyl adjacent to an activating group) is 2. The third-order valence-corrected chi connectivity index (χ3v) is 3.92. The number of benzene rings is 1. The standard InChI is InChI=1S/C15H24N2O/c1-16(2)11-13-7-10-15(17(13)3)12-5-8-14(18-4)9-6-12/h5-6,8-9,13,15H,7,10-11H2,1-4H3/t13-,15+/m0/s1. The van der Waals surface area contributed by atoms with Crippen LogP contribution in [-0.4, -0.2) is 50.6 Å². The van der Waals surface area contributed by atoms with Crippen molar-refractivity contribution in [2.45, 2.75) is 24.9 Å². The van der Waals surface area contributed by atoms with Crippen LogP contribution in [0.4, 0.5) is 0 Å². The van der Waals surface area contributed by atoms with E-state index >= 15 is 0 Å². The van der Waals surface area contributed by atoms with Crippen LogP contribution < -0.4 is 4.74 Å². The Morgan fingerprint density at radius 3 is 2.44 bits per heavy atom. The lowest BCUT2D eigenvalue weighted by molar-refractivity contribution is 0.202. The second-order valence-electron chi connectivity index (χ2n) is 5.45. The molecule has 0 aliphatic carbocycles. The lowest BCUT2D eigenvalue weighted by Crippen LogP contribution is -2.35. The highest BCUT2D eigenvalue weighted by Gasteiger charge is 2.31. The molecule has 3 nitrogen and oxygen atoms in total. The Morgan fingerprint density at radius 2 is 1.89 bits per heavy atom. The first-order valence-corrected chi connectivity index (χ1v) is 6.62. The minimum Gasteiger partial charge on any atom is -0.497 e. The molecule has 3 heteroatoms. The zero-order valence-corrected chi connectivity index (χ0v) is 11.9. The number of likely N-dealkylation sites (tertiary alicyclic amines) is 1. The third-order valence-electron chi connectivity index (χ3n) is 3.92. The van der Waals surface area contributed by atoms with Crippen molar-refractivity contribution in [1.82, 2.24) is 9.80 Å². The van der Waals surface area contributed by atoms with Gasteiger partial charge in [0.25, 0.3) is 0 Å². The van der Waals surface area contributed by atoms with E-state index in [9.17, 15) is 0 Å². The van der Waals surface area contributed by atoms with E-state index in [4.69, 9.17) is 4.74 Å². The molecular formula is C15H24N2O. The fraction of sp³-hybridized carbons (Fsp3) is 0.600. The van der Waals surface area contributed by atoms with Gasteiger partial charge in [-0.2, -0.15) is 0 Å². The minimum absolute atomic E-state index is 0.556. The van der Waals surface area contributed by atoms with Gasteiger partial charge in [-0.25, -0.2) is 0 Å². The zero-order chi connectivity index (χ0) is 13.1. The summed E-state index contributed by atoms with van der Waals surface area (Å²) in [6.45, 7) is 1.14. The minimum atomic E-state index is 0.556. The molecule has 0 bridgehead atoms. The fourth-order valence-corrected chi connectivity index (χ4v) is 2.88. The molecule has 1 aromatic carbocycles. The van der Waals surface area contributed by atoms with Crippen LogP contribution in [0.3, 0.4) is 0 Å². The summed E-state index contributed by atoms with van der Waals surface area (Å²) in [5, 5.41) is 0. The van der Waals surface area contributed by atoms with E-state index < -0.39 is 0 Å². The van der Waals surface area contributed by atoms with Gasteiger partial charge in [-0.05, 0) is 51.7 Å². The van der Waals surface area contributed by atoms with E-state index in [-0.39, 0.29) is 0 Å². The molecule has 2 atom stereocenters. The molecule has 2 rings (SSSR count). The van der Waals surface area contributed by atoms with E-state index in [1.807, 2.05) is 0 Å². The zero-order valence-electron chi connectivity index (χ0n) is 11.9. The Labute approximate surface area is 110 Å². The summed E-state index contributed by atoms with van der Waals surface area (Å²) in [6.07, 6.45) is 2.53. The first-order chi connectivity index (χ1) is 8.61. The summed E-state index contributed by atoms with van der Waals surface area (Å²) in [4.78, 5) is 4.79. The van der Waals surface area contributed by atoms with Gasteiger partial charge in [-0.3, -0.25) is 4.90 Å². The van der Waals surface area contributed by atoms with Gasteiger partial charge in [-0.15, -0.1) is 0 Å². The van der Waals surface area contributed by atoms with Crippen molar-refractivity contribution in [3.63, 3.8) is 0 Å².